The summed E-state index contributed by atoms with van der Waals surface area (Å²) < 4.78 is 5.13. The summed E-state index contributed by atoms with van der Waals surface area (Å²) in [4.78, 5) is 23.5. The number of ether oxygens (including phenoxy) is 1. The first kappa shape index (κ1) is 11.8. The molecule has 1 N–H and O–H groups in total. The molecule has 0 unspecified atom stereocenters. The van der Waals surface area contributed by atoms with Crippen LogP contribution >= 0.6 is 0 Å². The van der Waals surface area contributed by atoms with Crippen molar-refractivity contribution in [2.24, 2.45) is 0 Å². The fourth-order valence-electron chi connectivity index (χ4n) is 1.20. The van der Waals surface area contributed by atoms with Crippen LogP contribution in [0.5, 0.6) is 0 Å². The minimum Gasteiger partial charge on any atom is -0.480 e. The summed E-state index contributed by atoms with van der Waals surface area (Å²) >= 11 is 0. The van der Waals surface area contributed by atoms with E-state index >= 15 is 0 Å². The van der Waals surface area contributed by atoms with Crippen molar-refractivity contribution in [3.05, 3.63) is 0 Å². The number of carboxylic acids is 1. The van der Waals surface area contributed by atoms with Gasteiger partial charge in [-0.2, -0.15) is 0 Å². The molecule has 0 aliphatic heterocycles. The third-order valence-electron chi connectivity index (χ3n) is 1.92. The van der Waals surface area contributed by atoms with E-state index in [1.54, 1.807) is 20.8 Å². The van der Waals surface area contributed by atoms with Gasteiger partial charge in [0.1, 0.15) is 12.1 Å². The Morgan fingerprint density at radius 3 is 2.27 bits per heavy atom. The molecule has 0 saturated heterocycles. The lowest BCUT2D eigenvalue weighted by atomic mass is 10.2. The molecule has 1 amide bonds. The monoisotopic (exact) mass is 215 g/mol. The molecule has 1 aliphatic carbocycles. The summed E-state index contributed by atoms with van der Waals surface area (Å²) in [5.41, 5.74) is -0.581. The van der Waals surface area contributed by atoms with E-state index in [-0.39, 0.29) is 12.6 Å². The van der Waals surface area contributed by atoms with E-state index in [4.69, 9.17) is 9.84 Å². The standard InChI is InChI=1S/C10H17NO4/c1-10(2,3)15-9(14)11(6-8(12)13)7-4-5-7/h7H,4-6H2,1-3H3,(H,12,13). The largest absolute Gasteiger partial charge is 0.480 e. The van der Waals surface area contributed by atoms with E-state index in [0.29, 0.717) is 0 Å². The third kappa shape index (κ3) is 4.18. The lowest BCUT2D eigenvalue weighted by Crippen LogP contribution is -2.41. The maximum atomic E-state index is 11.6. The van der Waals surface area contributed by atoms with Crippen LogP contribution in [0.4, 0.5) is 4.79 Å². The summed E-state index contributed by atoms with van der Waals surface area (Å²) in [5, 5.41) is 8.66. The van der Waals surface area contributed by atoms with E-state index in [1.807, 2.05) is 0 Å². The van der Waals surface area contributed by atoms with Gasteiger partial charge < -0.3 is 9.84 Å². The zero-order chi connectivity index (χ0) is 11.6. The zero-order valence-corrected chi connectivity index (χ0v) is 9.32. The second kappa shape index (κ2) is 4.08. The second-order valence-corrected chi connectivity index (χ2v) is 4.73. The third-order valence-corrected chi connectivity index (χ3v) is 1.92. The lowest BCUT2D eigenvalue weighted by Gasteiger charge is -2.26. The molecule has 0 atom stereocenters. The fourth-order valence-corrected chi connectivity index (χ4v) is 1.20. The molecule has 0 aromatic carbocycles. The number of carbonyl (C=O) groups is 2. The van der Waals surface area contributed by atoms with E-state index in [2.05, 4.69) is 0 Å². The van der Waals surface area contributed by atoms with Crippen molar-refractivity contribution in [3.63, 3.8) is 0 Å². The van der Waals surface area contributed by atoms with Gasteiger partial charge in [0.25, 0.3) is 0 Å². The summed E-state index contributed by atoms with van der Waals surface area (Å²) in [6.07, 6.45) is 1.20. The summed E-state index contributed by atoms with van der Waals surface area (Å²) in [6.45, 7) is 5.00. The van der Waals surface area contributed by atoms with Crippen molar-refractivity contribution in [1.82, 2.24) is 4.90 Å². The second-order valence-electron chi connectivity index (χ2n) is 4.73. The van der Waals surface area contributed by atoms with Crippen molar-refractivity contribution >= 4 is 12.1 Å². The first-order valence-electron chi connectivity index (χ1n) is 5.01. The number of hydrogen-bond donors (Lipinski definition) is 1. The molecule has 0 radical (unpaired) electrons. The highest BCUT2D eigenvalue weighted by Crippen LogP contribution is 2.28. The smallest absolute Gasteiger partial charge is 0.411 e. The summed E-state index contributed by atoms with van der Waals surface area (Å²) in [5.74, 6) is -1.01. The van der Waals surface area contributed by atoms with Gasteiger partial charge >= 0.3 is 12.1 Å². The molecule has 0 bridgehead atoms. The predicted octanol–water partition coefficient (Wildman–Crippen LogP) is 1.47. The molecule has 1 aliphatic rings. The van der Waals surface area contributed by atoms with Crippen LogP contribution in [-0.2, 0) is 9.53 Å². The fraction of sp³-hybridized carbons (Fsp3) is 0.800. The quantitative estimate of drug-likeness (QED) is 0.774. The number of carbonyl (C=O) groups excluding carboxylic acids is 1. The SMILES string of the molecule is CC(C)(C)OC(=O)N(CC(=O)O)C1CC1. The van der Waals surface area contributed by atoms with E-state index < -0.39 is 17.7 Å². The average Bonchev–Trinajstić information content (AvgIpc) is 2.78. The van der Waals surface area contributed by atoms with Crippen molar-refractivity contribution in [2.75, 3.05) is 6.54 Å². The normalized spacial score (nSPS) is 15.9. The Balaban J connectivity index is 2.55. The van der Waals surface area contributed by atoms with Gasteiger partial charge in [0.05, 0.1) is 0 Å². The molecule has 5 heteroatoms. The van der Waals surface area contributed by atoms with Gasteiger partial charge in [0.2, 0.25) is 0 Å². The highest BCUT2D eigenvalue weighted by atomic mass is 16.6. The molecule has 15 heavy (non-hydrogen) atoms. The van der Waals surface area contributed by atoms with Crippen molar-refractivity contribution in [3.8, 4) is 0 Å². The van der Waals surface area contributed by atoms with Crippen LogP contribution in [0.3, 0.4) is 0 Å². The predicted molar refractivity (Wildman–Crippen MR) is 53.6 cm³/mol. The topological polar surface area (TPSA) is 66.8 Å². The summed E-state index contributed by atoms with van der Waals surface area (Å²) in [7, 11) is 0. The minimum atomic E-state index is -1.01. The highest BCUT2D eigenvalue weighted by Gasteiger charge is 2.36. The van der Waals surface area contributed by atoms with Gasteiger partial charge in [-0.05, 0) is 33.6 Å². The van der Waals surface area contributed by atoms with Gasteiger partial charge in [-0.25, -0.2) is 4.79 Å². The number of rotatable bonds is 3. The minimum absolute atomic E-state index is 0.0518. The number of hydrogen-bond acceptors (Lipinski definition) is 3. The van der Waals surface area contributed by atoms with E-state index in [0.717, 1.165) is 12.8 Å². The van der Waals surface area contributed by atoms with Crippen molar-refractivity contribution < 1.29 is 19.4 Å². The number of nitrogens with zero attached hydrogens (tertiary/aromatic N) is 1. The highest BCUT2D eigenvalue weighted by molar-refractivity contribution is 5.77. The Bertz CT molecular complexity index is 265. The molecule has 0 heterocycles. The Labute approximate surface area is 89.0 Å². The van der Waals surface area contributed by atoms with Crippen LogP contribution in [0.25, 0.3) is 0 Å². The molecular formula is C10H17NO4. The zero-order valence-electron chi connectivity index (χ0n) is 9.32. The molecular weight excluding hydrogens is 198 g/mol. The molecule has 86 valence electrons. The van der Waals surface area contributed by atoms with Gasteiger partial charge in [-0.1, -0.05) is 0 Å². The Hall–Kier alpha value is -1.26. The summed E-state index contributed by atoms with van der Waals surface area (Å²) in [6, 6.07) is 0.0518. The van der Waals surface area contributed by atoms with Gasteiger partial charge in [-0.15, -0.1) is 0 Å². The van der Waals surface area contributed by atoms with Gasteiger partial charge in [-0.3, -0.25) is 9.69 Å². The molecule has 0 spiro atoms. The molecule has 0 aromatic rings. The lowest BCUT2D eigenvalue weighted by molar-refractivity contribution is -0.138. The number of aliphatic carboxylic acids is 1. The van der Waals surface area contributed by atoms with Crippen LogP contribution in [-0.4, -0.2) is 40.3 Å². The Kier molecular flexibility index (Phi) is 3.21. The van der Waals surface area contributed by atoms with Crippen molar-refractivity contribution in [1.29, 1.82) is 0 Å². The molecule has 5 nitrogen and oxygen atoms in total. The van der Waals surface area contributed by atoms with Crippen LogP contribution in [0.15, 0.2) is 0 Å². The molecule has 1 fully saturated rings. The molecule has 1 rings (SSSR count). The van der Waals surface area contributed by atoms with Crippen LogP contribution in [0.1, 0.15) is 33.6 Å². The first-order chi connectivity index (χ1) is 6.79. The van der Waals surface area contributed by atoms with Gasteiger partial charge in [0, 0.05) is 6.04 Å². The maximum Gasteiger partial charge on any atom is 0.411 e. The molecule has 0 aromatic heterocycles. The number of carboxylic acid groups (broad SMARTS) is 1. The first-order valence-corrected chi connectivity index (χ1v) is 5.01. The molecule has 1 saturated carbocycles. The van der Waals surface area contributed by atoms with Gasteiger partial charge in [0.15, 0.2) is 0 Å². The van der Waals surface area contributed by atoms with E-state index in [1.165, 1.54) is 4.90 Å². The Morgan fingerprint density at radius 2 is 1.93 bits per heavy atom. The average molecular weight is 215 g/mol. The van der Waals surface area contributed by atoms with Crippen LogP contribution in [0, 0.1) is 0 Å². The van der Waals surface area contributed by atoms with Crippen LogP contribution in [0.2, 0.25) is 0 Å². The number of amides is 1. The van der Waals surface area contributed by atoms with E-state index in [9.17, 15) is 9.59 Å². The Morgan fingerprint density at radius 1 is 1.40 bits per heavy atom. The maximum absolute atomic E-state index is 11.6. The van der Waals surface area contributed by atoms with Crippen molar-refractivity contribution in [2.45, 2.75) is 45.3 Å². The van der Waals surface area contributed by atoms with Crippen LogP contribution < -0.4 is 0 Å².